The smallest absolute Gasteiger partial charge is 0.244 e. The zero-order chi connectivity index (χ0) is 24.6. The molecular weight excluding hydrogens is 449 g/mol. The number of piperazine rings is 1. The van der Waals surface area contributed by atoms with E-state index in [0.717, 1.165) is 50.3 Å². The van der Waals surface area contributed by atoms with Gasteiger partial charge in [-0.2, -0.15) is 4.98 Å². The number of halogens is 1. The van der Waals surface area contributed by atoms with Crippen molar-refractivity contribution >= 4 is 35.0 Å². The molecular formula is C25H32FN7O2. The number of hydrogen-bond donors (Lipinski definition) is 3. The lowest BCUT2D eigenvalue weighted by Gasteiger charge is -2.41. The lowest BCUT2D eigenvalue weighted by Crippen LogP contribution is -2.56. The van der Waals surface area contributed by atoms with Gasteiger partial charge in [-0.1, -0.05) is 13.8 Å². The fraction of sp³-hybridized carbons (Fsp3) is 0.520. The predicted molar refractivity (Wildman–Crippen MR) is 132 cm³/mol. The van der Waals surface area contributed by atoms with Crippen LogP contribution in [0.3, 0.4) is 0 Å². The van der Waals surface area contributed by atoms with E-state index >= 15 is 0 Å². The minimum atomic E-state index is -1.10. The lowest BCUT2D eigenvalue weighted by molar-refractivity contribution is -0.140. The van der Waals surface area contributed by atoms with E-state index in [-0.39, 0.29) is 35.9 Å². The summed E-state index contributed by atoms with van der Waals surface area (Å²) in [5.74, 6) is -0.0998. The lowest BCUT2D eigenvalue weighted by atomic mass is 9.76. The third kappa shape index (κ3) is 4.09. The number of hydrogen-bond acceptors (Lipinski definition) is 7. The van der Waals surface area contributed by atoms with Gasteiger partial charge in [-0.15, -0.1) is 0 Å². The molecule has 0 bridgehead atoms. The van der Waals surface area contributed by atoms with Crippen LogP contribution in [0.25, 0.3) is 0 Å². The Bertz CT molecular complexity index is 1130. The summed E-state index contributed by atoms with van der Waals surface area (Å²) in [5, 5.41) is 9.11. The Labute approximate surface area is 204 Å². The zero-order valence-electron chi connectivity index (χ0n) is 20.2. The Hall–Kier alpha value is -3.27. The summed E-state index contributed by atoms with van der Waals surface area (Å²) in [5.41, 5.74) is 0.770. The van der Waals surface area contributed by atoms with Crippen LogP contribution in [0.4, 0.5) is 27.5 Å². The maximum Gasteiger partial charge on any atom is 0.244 e. The quantitative estimate of drug-likeness (QED) is 0.545. The summed E-state index contributed by atoms with van der Waals surface area (Å²) in [7, 11) is 0. The predicted octanol–water partition coefficient (Wildman–Crippen LogP) is 2.35. The zero-order valence-corrected chi connectivity index (χ0v) is 20.2. The summed E-state index contributed by atoms with van der Waals surface area (Å²) in [4.78, 5) is 39.3. The number of carbonyl (C=O) groups is 2. The normalized spacial score (nSPS) is 22.1. The second-order valence-electron chi connectivity index (χ2n) is 9.48. The summed E-state index contributed by atoms with van der Waals surface area (Å²) < 4.78 is 15.0. The molecule has 5 rings (SSSR count). The first-order chi connectivity index (χ1) is 17.0. The second kappa shape index (κ2) is 9.41. The average molecular weight is 482 g/mol. The topological polar surface area (TPSA) is 102 Å². The van der Waals surface area contributed by atoms with Gasteiger partial charge in [0.2, 0.25) is 17.8 Å². The molecule has 35 heavy (non-hydrogen) atoms. The SMILES string of the molecule is CCC(CC)N1C(=O)C2(CCNC2=O)Cc2cnc(Nc3ccc(N4CCNCC4)cc3F)nc21. The van der Waals surface area contributed by atoms with Crippen molar-refractivity contribution in [2.75, 3.05) is 47.8 Å². The van der Waals surface area contributed by atoms with Crippen LogP contribution in [0, 0.1) is 11.2 Å². The molecule has 3 aliphatic heterocycles. The van der Waals surface area contributed by atoms with Gasteiger partial charge < -0.3 is 20.9 Å². The fourth-order valence-corrected chi connectivity index (χ4v) is 5.40. The maximum atomic E-state index is 15.0. The largest absolute Gasteiger partial charge is 0.369 e. The molecule has 0 saturated carbocycles. The number of nitrogens with one attached hydrogen (secondary N) is 3. The van der Waals surface area contributed by atoms with Gasteiger partial charge in [-0.3, -0.25) is 14.5 Å². The van der Waals surface area contributed by atoms with Crippen molar-refractivity contribution in [3.05, 3.63) is 35.8 Å². The van der Waals surface area contributed by atoms with Gasteiger partial charge in [0.1, 0.15) is 17.1 Å². The third-order valence-corrected chi connectivity index (χ3v) is 7.45. The Morgan fingerprint density at radius 3 is 2.60 bits per heavy atom. The van der Waals surface area contributed by atoms with E-state index in [1.54, 1.807) is 17.2 Å². The molecule has 1 aromatic carbocycles. The molecule has 4 heterocycles. The third-order valence-electron chi connectivity index (χ3n) is 7.45. The highest BCUT2D eigenvalue weighted by molar-refractivity contribution is 6.14. The van der Waals surface area contributed by atoms with Crippen LogP contribution in [-0.2, 0) is 16.0 Å². The molecule has 3 N–H and O–H groups in total. The minimum absolute atomic E-state index is 0.0929. The van der Waals surface area contributed by atoms with E-state index in [2.05, 4.69) is 30.8 Å². The molecule has 0 aliphatic carbocycles. The van der Waals surface area contributed by atoms with Crippen LogP contribution >= 0.6 is 0 Å². The van der Waals surface area contributed by atoms with Gasteiger partial charge in [0.15, 0.2) is 0 Å². The van der Waals surface area contributed by atoms with Crippen LogP contribution in [0.5, 0.6) is 0 Å². The van der Waals surface area contributed by atoms with Crippen LogP contribution in [-0.4, -0.2) is 60.5 Å². The molecule has 2 saturated heterocycles. The highest BCUT2D eigenvalue weighted by Crippen LogP contribution is 2.43. The molecule has 1 aromatic heterocycles. The fourth-order valence-electron chi connectivity index (χ4n) is 5.40. The Morgan fingerprint density at radius 2 is 1.94 bits per heavy atom. The summed E-state index contributed by atoms with van der Waals surface area (Å²) in [6, 6.07) is 5.01. The summed E-state index contributed by atoms with van der Waals surface area (Å²) in [6.07, 6.45) is 3.86. The molecule has 1 unspecified atom stereocenters. The van der Waals surface area contributed by atoms with Crippen molar-refractivity contribution in [1.29, 1.82) is 0 Å². The second-order valence-corrected chi connectivity index (χ2v) is 9.48. The van der Waals surface area contributed by atoms with E-state index < -0.39 is 11.2 Å². The first-order valence-electron chi connectivity index (χ1n) is 12.5. The molecule has 9 nitrogen and oxygen atoms in total. The van der Waals surface area contributed by atoms with Crippen LogP contribution in [0.1, 0.15) is 38.7 Å². The van der Waals surface area contributed by atoms with Crippen molar-refractivity contribution in [3.8, 4) is 0 Å². The van der Waals surface area contributed by atoms with Crippen LogP contribution < -0.4 is 25.8 Å². The standard InChI is InChI=1S/C25H32FN7O2/c1-3-17(4-2)33-21-16(14-25(23(33)35)7-8-28-22(25)34)15-29-24(31-21)30-20-6-5-18(13-19(20)26)32-11-9-27-10-12-32/h5-6,13,15,17,27H,3-4,7-12,14H2,1-2H3,(H,28,34)(H,29,30,31). The van der Waals surface area contributed by atoms with E-state index in [1.165, 1.54) is 6.07 Å². The van der Waals surface area contributed by atoms with E-state index in [0.29, 0.717) is 18.8 Å². The number of anilines is 4. The van der Waals surface area contributed by atoms with Crippen molar-refractivity contribution in [1.82, 2.24) is 20.6 Å². The molecule has 2 amide bonds. The summed E-state index contributed by atoms with van der Waals surface area (Å²) >= 11 is 0. The van der Waals surface area contributed by atoms with Gasteiger partial charge >= 0.3 is 0 Å². The van der Waals surface area contributed by atoms with E-state index in [9.17, 15) is 14.0 Å². The summed E-state index contributed by atoms with van der Waals surface area (Å²) in [6.45, 7) is 7.94. The Kier molecular flexibility index (Phi) is 6.31. The average Bonchev–Trinajstić information content (AvgIpc) is 3.24. The minimum Gasteiger partial charge on any atom is -0.369 e. The van der Waals surface area contributed by atoms with Gasteiger partial charge in [0.25, 0.3) is 0 Å². The Balaban J connectivity index is 1.45. The number of fused-ring (bicyclic) bond motifs is 1. The number of rotatable bonds is 6. The van der Waals surface area contributed by atoms with E-state index in [1.807, 2.05) is 19.9 Å². The Morgan fingerprint density at radius 1 is 1.17 bits per heavy atom. The first kappa shape index (κ1) is 23.5. The number of carbonyl (C=O) groups excluding carboxylic acids is 2. The maximum absolute atomic E-state index is 15.0. The number of amides is 2. The van der Waals surface area contributed by atoms with Crippen LogP contribution in [0.15, 0.2) is 24.4 Å². The van der Waals surface area contributed by atoms with E-state index in [4.69, 9.17) is 0 Å². The molecule has 3 aliphatic rings. The highest BCUT2D eigenvalue weighted by atomic mass is 19.1. The molecule has 0 radical (unpaired) electrons. The number of benzene rings is 1. The molecule has 1 spiro atoms. The first-order valence-corrected chi connectivity index (χ1v) is 12.5. The van der Waals surface area contributed by atoms with Crippen molar-refractivity contribution in [3.63, 3.8) is 0 Å². The molecule has 1 atom stereocenters. The van der Waals surface area contributed by atoms with Crippen molar-refractivity contribution < 1.29 is 14.0 Å². The van der Waals surface area contributed by atoms with Crippen LogP contribution in [0.2, 0.25) is 0 Å². The van der Waals surface area contributed by atoms with Gasteiger partial charge in [-0.05, 0) is 37.5 Å². The van der Waals surface area contributed by atoms with Crippen molar-refractivity contribution in [2.24, 2.45) is 5.41 Å². The van der Waals surface area contributed by atoms with Gasteiger partial charge in [-0.25, -0.2) is 9.37 Å². The monoisotopic (exact) mass is 481 g/mol. The van der Waals surface area contributed by atoms with Gasteiger partial charge in [0.05, 0.1) is 5.69 Å². The molecule has 2 aromatic rings. The molecule has 10 heteroatoms. The number of aromatic nitrogens is 2. The highest BCUT2D eigenvalue weighted by Gasteiger charge is 2.55. The molecule has 186 valence electrons. The number of nitrogens with zero attached hydrogens (tertiary/aromatic N) is 4. The van der Waals surface area contributed by atoms with Crippen molar-refractivity contribution in [2.45, 2.75) is 45.6 Å². The van der Waals surface area contributed by atoms with Gasteiger partial charge in [0, 0.05) is 62.6 Å². The molecule has 2 fully saturated rings.